The fourth-order valence-electron chi connectivity index (χ4n) is 2.15. The van der Waals surface area contributed by atoms with Crippen molar-refractivity contribution in [2.24, 2.45) is 0 Å². The van der Waals surface area contributed by atoms with Crippen LogP contribution < -0.4 is 88.7 Å². The molecule has 28 heavy (non-hydrogen) atoms. The molecule has 0 saturated carbocycles. The summed E-state index contributed by atoms with van der Waals surface area (Å²) in [5.74, 6) is 0. The van der Waals surface area contributed by atoms with Crippen molar-refractivity contribution in [1.82, 2.24) is 0 Å². The fraction of sp³-hybridized carbons (Fsp3) is 0. The van der Waals surface area contributed by atoms with Gasteiger partial charge in [0.2, 0.25) is 0 Å². The van der Waals surface area contributed by atoms with Crippen LogP contribution in [-0.2, 0) is 30.4 Å². The molecule has 0 aliphatic heterocycles. The summed E-state index contributed by atoms with van der Waals surface area (Å²) in [6.45, 7) is 0. The van der Waals surface area contributed by atoms with Gasteiger partial charge in [-0.2, -0.15) is 0 Å². The molecule has 0 aromatic heterocycles. The second kappa shape index (κ2) is 11.4. The molecule has 2 aromatic rings. The second-order valence-electron chi connectivity index (χ2n) is 4.66. The summed E-state index contributed by atoms with van der Waals surface area (Å²) < 4.78 is 103. The minimum Gasteiger partial charge on any atom is -0.744 e. The molecular weight excluding hydrogens is 485 g/mol. The van der Waals surface area contributed by atoms with Gasteiger partial charge in [0.1, 0.15) is 30.4 Å². The molecule has 0 fully saturated rings. The van der Waals surface area contributed by atoms with Crippen LogP contribution in [0.4, 0.5) is 0 Å². The molecule has 0 bridgehead atoms. The van der Waals surface area contributed by atoms with Crippen molar-refractivity contribution < 1.29 is 128 Å². The average molecular weight is 492 g/mol. The molecule has 0 saturated heterocycles. The molecule has 0 aliphatic carbocycles. The van der Waals surface area contributed by atoms with Crippen LogP contribution in [-0.4, -0.2) is 38.9 Å². The van der Waals surface area contributed by atoms with Crippen molar-refractivity contribution in [3.8, 4) is 11.1 Å². The Morgan fingerprint density at radius 1 is 0.679 bits per heavy atom. The smallest absolute Gasteiger partial charge is 0.744 e. The molecule has 136 valence electrons. The largest absolute Gasteiger partial charge is 1.00 e. The third-order valence-electron chi connectivity index (χ3n) is 3.01. The molecule has 0 amide bonds. The van der Waals surface area contributed by atoms with Gasteiger partial charge in [-0.25, -0.2) is 25.3 Å². The third kappa shape index (κ3) is 7.29. The first-order valence-corrected chi connectivity index (χ1v) is 10.7. The first kappa shape index (κ1) is 31.7. The molecule has 0 atom stereocenters. The van der Waals surface area contributed by atoms with Crippen molar-refractivity contribution in [3.05, 3.63) is 36.4 Å². The summed E-state index contributed by atoms with van der Waals surface area (Å²) in [5.41, 5.74) is -0.623. The van der Waals surface area contributed by atoms with E-state index in [-0.39, 0.29) is 94.2 Å². The maximum absolute atomic E-state index is 11.6. The first-order valence-electron chi connectivity index (χ1n) is 6.07. The van der Waals surface area contributed by atoms with Crippen LogP contribution in [0, 0.1) is 0 Å². The number of thiol groups is 1. The summed E-state index contributed by atoms with van der Waals surface area (Å²) in [4.78, 5) is -5.67. The number of rotatable bonds is 4. The molecular formula is C12H7Na3O9S4. The quantitative estimate of drug-likeness (QED) is 0.247. The van der Waals surface area contributed by atoms with Crippen molar-refractivity contribution in [3.63, 3.8) is 0 Å². The Morgan fingerprint density at radius 2 is 1.11 bits per heavy atom. The van der Waals surface area contributed by atoms with Gasteiger partial charge in [-0.3, -0.25) is 0 Å². The van der Waals surface area contributed by atoms with E-state index in [4.69, 9.17) is 0 Å². The predicted octanol–water partition coefficient (Wildman–Crippen LogP) is -8.63. The van der Waals surface area contributed by atoms with Crippen LogP contribution in [0.25, 0.3) is 11.1 Å². The Morgan fingerprint density at radius 3 is 1.46 bits per heavy atom. The van der Waals surface area contributed by atoms with E-state index in [0.717, 1.165) is 0 Å². The van der Waals surface area contributed by atoms with Gasteiger partial charge in [-0.15, -0.1) is 12.6 Å². The predicted molar refractivity (Wildman–Crippen MR) is 83.0 cm³/mol. The summed E-state index contributed by atoms with van der Waals surface area (Å²) in [7, 11) is -17.1. The van der Waals surface area contributed by atoms with Crippen LogP contribution >= 0.6 is 12.6 Å². The number of hydrogen-bond acceptors (Lipinski definition) is 10. The molecule has 0 aliphatic rings. The van der Waals surface area contributed by atoms with Gasteiger partial charge in [-0.1, -0.05) is 30.3 Å². The second-order valence-corrected chi connectivity index (χ2v) is 9.12. The maximum atomic E-state index is 11.6. The zero-order valence-corrected chi connectivity index (χ0v) is 24.2. The molecule has 16 heteroatoms. The molecule has 0 N–H and O–H groups in total. The SMILES string of the molecule is O=S(=O)([O-])c1cc(S)c(-c2ccccc2)c(S(=O)(=O)[O-])c1S(=O)(=O)[O-].[Na+].[Na+].[Na+]. The van der Waals surface area contributed by atoms with E-state index >= 15 is 0 Å². The van der Waals surface area contributed by atoms with Gasteiger partial charge < -0.3 is 13.7 Å². The van der Waals surface area contributed by atoms with Crippen molar-refractivity contribution in [2.75, 3.05) is 0 Å². The zero-order valence-electron chi connectivity index (χ0n) is 14.8. The van der Waals surface area contributed by atoms with Crippen LogP contribution in [0.2, 0.25) is 0 Å². The molecule has 0 heterocycles. The molecule has 0 spiro atoms. The van der Waals surface area contributed by atoms with Crippen LogP contribution in [0.15, 0.2) is 56.0 Å². The average Bonchev–Trinajstić information content (AvgIpc) is 2.43. The molecule has 9 nitrogen and oxygen atoms in total. The molecule has 0 radical (unpaired) electrons. The number of hydrogen-bond donors (Lipinski definition) is 1. The number of benzene rings is 2. The fourth-order valence-corrected chi connectivity index (χ4v) is 6.01. The van der Waals surface area contributed by atoms with Crippen molar-refractivity contribution in [2.45, 2.75) is 19.6 Å². The van der Waals surface area contributed by atoms with E-state index in [2.05, 4.69) is 12.6 Å². The Hall–Kier alpha value is 1.52. The van der Waals surface area contributed by atoms with Gasteiger partial charge >= 0.3 is 88.7 Å². The van der Waals surface area contributed by atoms with Crippen LogP contribution in [0.5, 0.6) is 0 Å². The van der Waals surface area contributed by atoms with Gasteiger partial charge in [0.05, 0.1) is 14.7 Å². The Balaban J connectivity index is 0. The van der Waals surface area contributed by atoms with Crippen molar-refractivity contribution >= 4 is 43.0 Å². The van der Waals surface area contributed by atoms with Crippen molar-refractivity contribution in [1.29, 1.82) is 0 Å². The Labute approximate surface area is 234 Å². The summed E-state index contributed by atoms with van der Waals surface area (Å²) in [5, 5.41) is 0. The zero-order chi connectivity index (χ0) is 19.2. The van der Waals surface area contributed by atoms with E-state index in [0.29, 0.717) is 6.07 Å². The molecule has 2 aromatic carbocycles. The minimum atomic E-state index is -5.82. The summed E-state index contributed by atoms with van der Waals surface area (Å²) in [6.07, 6.45) is 0. The first-order chi connectivity index (χ1) is 11.2. The summed E-state index contributed by atoms with van der Waals surface area (Å²) >= 11 is 3.85. The summed E-state index contributed by atoms with van der Waals surface area (Å²) in [6, 6.07) is 7.31. The van der Waals surface area contributed by atoms with Crippen LogP contribution in [0.1, 0.15) is 0 Å². The van der Waals surface area contributed by atoms with E-state index in [1.807, 2.05) is 0 Å². The van der Waals surface area contributed by atoms with E-state index in [1.54, 1.807) is 0 Å². The van der Waals surface area contributed by atoms with Gasteiger partial charge in [-0.05, 0) is 11.6 Å². The van der Waals surface area contributed by atoms with E-state index in [1.165, 1.54) is 30.3 Å². The van der Waals surface area contributed by atoms with Crippen LogP contribution in [0.3, 0.4) is 0 Å². The normalized spacial score (nSPS) is 11.6. The Kier molecular flexibility index (Phi) is 12.9. The van der Waals surface area contributed by atoms with E-state index in [9.17, 15) is 38.9 Å². The Bertz CT molecular complexity index is 1160. The standard InChI is InChI=1S/C12H10O9S4.3Na/c13-23(14,15)9-6-8(22)10(7-4-2-1-3-5-7)12(25(19,20)21)11(9)24(16,17)18;;;/h1-6,22H,(H,13,14,15)(H,16,17,18)(H,19,20,21);;;/q;3*+1/p-3. The van der Waals surface area contributed by atoms with Gasteiger partial charge in [0, 0.05) is 10.5 Å². The minimum absolute atomic E-state index is 0. The molecule has 0 unspecified atom stereocenters. The van der Waals surface area contributed by atoms with Gasteiger partial charge in [0.25, 0.3) is 0 Å². The topological polar surface area (TPSA) is 172 Å². The maximum Gasteiger partial charge on any atom is 1.00 e. The monoisotopic (exact) mass is 492 g/mol. The third-order valence-corrected chi connectivity index (χ3v) is 6.32. The van der Waals surface area contributed by atoms with Gasteiger partial charge in [0.15, 0.2) is 0 Å². The van der Waals surface area contributed by atoms with E-state index < -0.39 is 55.5 Å². The molecule has 2 rings (SSSR count).